The largest absolute Gasteiger partial charge is 0.384 e. The molecule has 0 aliphatic carbocycles. The summed E-state index contributed by atoms with van der Waals surface area (Å²) in [5.41, 5.74) is 8.07. The van der Waals surface area contributed by atoms with Gasteiger partial charge in [-0.25, -0.2) is 9.97 Å². The van der Waals surface area contributed by atoms with Crippen molar-refractivity contribution in [1.29, 1.82) is 0 Å². The van der Waals surface area contributed by atoms with E-state index in [0.717, 1.165) is 32.0 Å². The number of nitrogens with two attached hydrogens (primary N) is 1. The van der Waals surface area contributed by atoms with Crippen LogP contribution in [0.5, 0.6) is 0 Å². The lowest BCUT2D eigenvalue weighted by Crippen LogP contribution is -2.47. The fourth-order valence-corrected chi connectivity index (χ4v) is 2.62. The number of aromatic nitrogens is 2. The molecule has 0 aromatic carbocycles. The van der Waals surface area contributed by atoms with Crippen molar-refractivity contribution in [2.45, 2.75) is 6.92 Å². The summed E-state index contributed by atoms with van der Waals surface area (Å²) in [6, 6.07) is 7.97. The van der Waals surface area contributed by atoms with Crippen LogP contribution in [0.25, 0.3) is 0 Å². The summed E-state index contributed by atoms with van der Waals surface area (Å²) in [4.78, 5) is 13.3. The molecule has 2 N–H and O–H groups in total. The maximum Gasteiger partial charge on any atom is 0.128 e. The molecule has 1 aliphatic rings. The van der Waals surface area contributed by atoms with Gasteiger partial charge in [-0.2, -0.15) is 0 Å². The number of nitrogen functional groups attached to an aromatic ring is 1. The van der Waals surface area contributed by atoms with E-state index in [0.29, 0.717) is 5.82 Å². The van der Waals surface area contributed by atoms with Crippen molar-refractivity contribution in [2.75, 3.05) is 41.7 Å². The molecule has 5 nitrogen and oxygen atoms in total. The molecule has 5 heteroatoms. The van der Waals surface area contributed by atoms with Gasteiger partial charge in [0.25, 0.3) is 0 Å². The second-order valence-electron chi connectivity index (χ2n) is 5.06. The number of rotatable bonds is 2. The van der Waals surface area contributed by atoms with Crippen LogP contribution in [-0.4, -0.2) is 36.1 Å². The molecule has 3 heterocycles. The van der Waals surface area contributed by atoms with Crippen LogP contribution in [0.1, 0.15) is 5.56 Å². The van der Waals surface area contributed by atoms with Crippen molar-refractivity contribution in [1.82, 2.24) is 9.97 Å². The first-order valence-corrected chi connectivity index (χ1v) is 6.87. The lowest BCUT2D eigenvalue weighted by Gasteiger charge is -2.37. The van der Waals surface area contributed by atoms with Crippen LogP contribution in [0.15, 0.2) is 36.7 Å². The highest BCUT2D eigenvalue weighted by Crippen LogP contribution is 2.22. The Balaban J connectivity index is 1.69. The third-order valence-electron chi connectivity index (χ3n) is 3.70. The molecule has 0 saturated carbocycles. The van der Waals surface area contributed by atoms with Gasteiger partial charge in [-0.1, -0.05) is 6.07 Å². The molecule has 1 saturated heterocycles. The molecule has 1 aliphatic heterocycles. The van der Waals surface area contributed by atoms with E-state index >= 15 is 0 Å². The van der Waals surface area contributed by atoms with Crippen LogP contribution in [0, 0.1) is 6.92 Å². The van der Waals surface area contributed by atoms with Gasteiger partial charge in [0.1, 0.15) is 11.6 Å². The Labute approximate surface area is 119 Å². The standard InChI is InChI=1S/C15H19N5/c1-12-10-14(16)18-11-13(12)19-6-8-20(9-7-19)15-4-2-3-5-17-15/h2-5,10-11H,6-9H2,1H3,(H2,16,18). The summed E-state index contributed by atoms with van der Waals surface area (Å²) in [6.07, 6.45) is 3.72. The number of pyridine rings is 2. The topological polar surface area (TPSA) is 58.3 Å². The molecule has 1 fully saturated rings. The minimum Gasteiger partial charge on any atom is -0.384 e. The molecule has 20 heavy (non-hydrogen) atoms. The van der Waals surface area contributed by atoms with Crippen molar-refractivity contribution in [3.05, 3.63) is 42.2 Å². The van der Waals surface area contributed by atoms with E-state index in [4.69, 9.17) is 5.73 Å². The normalized spacial score (nSPS) is 15.4. The van der Waals surface area contributed by atoms with Gasteiger partial charge in [0.05, 0.1) is 11.9 Å². The van der Waals surface area contributed by atoms with E-state index in [2.05, 4.69) is 32.8 Å². The Bertz CT molecular complexity index is 576. The highest BCUT2D eigenvalue weighted by molar-refractivity contribution is 5.56. The Morgan fingerprint density at radius 3 is 2.45 bits per heavy atom. The summed E-state index contributed by atoms with van der Waals surface area (Å²) in [5, 5.41) is 0. The van der Waals surface area contributed by atoms with Gasteiger partial charge in [0, 0.05) is 32.4 Å². The third kappa shape index (κ3) is 2.52. The zero-order chi connectivity index (χ0) is 13.9. The van der Waals surface area contributed by atoms with Crippen LogP contribution >= 0.6 is 0 Å². The smallest absolute Gasteiger partial charge is 0.128 e. The summed E-state index contributed by atoms with van der Waals surface area (Å²) in [7, 11) is 0. The Kier molecular flexibility index (Phi) is 3.41. The Morgan fingerprint density at radius 2 is 1.80 bits per heavy atom. The second kappa shape index (κ2) is 5.36. The number of hydrogen-bond acceptors (Lipinski definition) is 5. The highest BCUT2D eigenvalue weighted by Gasteiger charge is 2.19. The average Bonchev–Trinajstić information content (AvgIpc) is 2.48. The van der Waals surface area contributed by atoms with Crippen LogP contribution in [0.3, 0.4) is 0 Å². The molecule has 2 aromatic heterocycles. The predicted molar refractivity (Wildman–Crippen MR) is 82.0 cm³/mol. The van der Waals surface area contributed by atoms with Crippen molar-refractivity contribution in [3.63, 3.8) is 0 Å². The summed E-state index contributed by atoms with van der Waals surface area (Å²) < 4.78 is 0. The predicted octanol–water partition coefficient (Wildman–Crippen LogP) is 1.69. The third-order valence-corrected chi connectivity index (χ3v) is 3.70. The van der Waals surface area contributed by atoms with Gasteiger partial charge in [-0.3, -0.25) is 0 Å². The van der Waals surface area contributed by atoms with E-state index < -0.39 is 0 Å². The van der Waals surface area contributed by atoms with Gasteiger partial charge < -0.3 is 15.5 Å². The lowest BCUT2D eigenvalue weighted by molar-refractivity contribution is 0.645. The number of aryl methyl sites for hydroxylation is 1. The summed E-state index contributed by atoms with van der Waals surface area (Å²) in [5.74, 6) is 1.64. The fraction of sp³-hybridized carbons (Fsp3) is 0.333. The van der Waals surface area contributed by atoms with Gasteiger partial charge in [0.2, 0.25) is 0 Å². The van der Waals surface area contributed by atoms with E-state index in [1.54, 1.807) is 0 Å². The monoisotopic (exact) mass is 269 g/mol. The molecule has 0 spiro atoms. The van der Waals surface area contributed by atoms with E-state index in [-0.39, 0.29) is 0 Å². The molecule has 0 atom stereocenters. The van der Waals surface area contributed by atoms with Gasteiger partial charge in [-0.15, -0.1) is 0 Å². The van der Waals surface area contributed by atoms with Gasteiger partial charge in [0.15, 0.2) is 0 Å². The molecular weight excluding hydrogens is 250 g/mol. The quantitative estimate of drug-likeness (QED) is 0.899. The molecule has 2 aromatic rings. The van der Waals surface area contributed by atoms with Gasteiger partial charge >= 0.3 is 0 Å². The van der Waals surface area contributed by atoms with Crippen LogP contribution in [0.4, 0.5) is 17.3 Å². The first-order valence-electron chi connectivity index (χ1n) is 6.87. The number of hydrogen-bond donors (Lipinski definition) is 1. The van der Waals surface area contributed by atoms with Crippen LogP contribution in [0.2, 0.25) is 0 Å². The molecule has 0 unspecified atom stereocenters. The fourth-order valence-electron chi connectivity index (χ4n) is 2.62. The van der Waals surface area contributed by atoms with E-state index in [1.807, 2.05) is 30.6 Å². The van der Waals surface area contributed by atoms with E-state index in [9.17, 15) is 0 Å². The van der Waals surface area contributed by atoms with Crippen molar-refractivity contribution in [3.8, 4) is 0 Å². The van der Waals surface area contributed by atoms with Crippen molar-refractivity contribution >= 4 is 17.3 Å². The van der Waals surface area contributed by atoms with Crippen LogP contribution < -0.4 is 15.5 Å². The molecule has 0 amide bonds. The number of nitrogens with zero attached hydrogens (tertiary/aromatic N) is 4. The minimum atomic E-state index is 0.582. The average molecular weight is 269 g/mol. The summed E-state index contributed by atoms with van der Waals surface area (Å²) in [6.45, 7) is 5.98. The first-order chi connectivity index (χ1) is 9.74. The molecule has 104 valence electrons. The number of anilines is 3. The zero-order valence-corrected chi connectivity index (χ0v) is 11.7. The maximum absolute atomic E-state index is 5.71. The maximum atomic E-state index is 5.71. The lowest BCUT2D eigenvalue weighted by atomic mass is 10.2. The zero-order valence-electron chi connectivity index (χ0n) is 11.7. The highest BCUT2D eigenvalue weighted by atomic mass is 15.3. The van der Waals surface area contributed by atoms with Crippen molar-refractivity contribution in [2.24, 2.45) is 0 Å². The molecule has 3 rings (SSSR count). The molecule has 0 bridgehead atoms. The Morgan fingerprint density at radius 1 is 1.05 bits per heavy atom. The summed E-state index contributed by atoms with van der Waals surface area (Å²) >= 11 is 0. The molecule has 0 radical (unpaired) electrons. The minimum absolute atomic E-state index is 0.582. The second-order valence-corrected chi connectivity index (χ2v) is 5.06. The Hall–Kier alpha value is -2.30. The van der Waals surface area contributed by atoms with Crippen LogP contribution in [-0.2, 0) is 0 Å². The van der Waals surface area contributed by atoms with Crippen molar-refractivity contribution < 1.29 is 0 Å². The number of piperazine rings is 1. The SMILES string of the molecule is Cc1cc(N)ncc1N1CCN(c2ccccn2)CC1. The van der Waals surface area contributed by atoms with E-state index in [1.165, 1.54) is 11.3 Å². The molecular formula is C15H19N5. The van der Waals surface area contributed by atoms with Gasteiger partial charge in [-0.05, 0) is 30.7 Å². The first kappa shape index (κ1) is 12.7.